The third-order valence-electron chi connectivity index (χ3n) is 4.10. The number of ether oxygens (including phenoxy) is 2. The lowest BCUT2D eigenvalue weighted by Crippen LogP contribution is -1.97. The minimum absolute atomic E-state index is 0. The highest BCUT2D eigenvalue weighted by Crippen LogP contribution is 2.25. The molecular formula is C23H15N3O2. The zero-order chi connectivity index (χ0) is 18.8. The fourth-order valence-electron chi connectivity index (χ4n) is 2.79. The quantitative estimate of drug-likeness (QED) is 0.423. The second-order valence-electron chi connectivity index (χ2n) is 5.96. The Hall–Kier alpha value is -4.35. The van der Waals surface area contributed by atoms with Gasteiger partial charge in [-0.3, -0.25) is 0 Å². The molecule has 1 aromatic heterocycles. The molecule has 5 aromatic rings. The normalized spacial score (nSPS) is 10.3. The first-order valence-electron chi connectivity index (χ1n) is 8.52. The SMILES string of the molecule is [HH].[HH].c1ccc2cc(Oc3ncnc(Oc4ccc5c#cccc5c4)n3)ccc2c#1. The molecule has 0 aliphatic carbocycles. The van der Waals surface area contributed by atoms with Gasteiger partial charge in [0, 0.05) is 13.6 Å². The Balaban J connectivity index is 0.00000128. The van der Waals surface area contributed by atoms with Crippen LogP contribution < -0.4 is 9.47 Å². The van der Waals surface area contributed by atoms with Crippen molar-refractivity contribution >= 4 is 21.5 Å². The summed E-state index contributed by atoms with van der Waals surface area (Å²) in [4.78, 5) is 12.3. The van der Waals surface area contributed by atoms with Crippen LogP contribution in [0.3, 0.4) is 0 Å². The van der Waals surface area contributed by atoms with Gasteiger partial charge in [-0.1, -0.05) is 24.3 Å². The van der Waals surface area contributed by atoms with Crippen LogP contribution in [-0.4, -0.2) is 15.0 Å². The number of aromatic nitrogens is 3. The molecule has 0 saturated carbocycles. The standard InChI is InChI=1S/C23H11N3O2.2H2/c1-3-7-18-13-20(11-9-16(18)5-1)27-22-24-15-25-23(26-22)28-21-12-10-17-6-2-4-8-19(17)14-21;;/h3-4,7-15H;2*1H. The molecule has 5 nitrogen and oxygen atoms in total. The number of hydrogen-bond acceptors (Lipinski definition) is 5. The summed E-state index contributed by atoms with van der Waals surface area (Å²) in [6.45, 7) is 0. The van der Waals surface area contributed by atoms with E-state index in [0.717, 1.165) is 21.5 Å². The summed E-state index contributed by atoms with van der Waals surface area (Å²) in [7, 11) is 0. The maximum absolute atomic E-state index is 5.76. The van der Waals surface area contributed by atoms with Crippen LogP contribution in [0.1, 0.15) is 2.85 Å². The average molecular weight is 365 g/mol. The summed E-state index contributed by atoms with van der Waals surface area (Å²) in [6.07, 6.45) is 1.35. The lowest BCUT2D eigenvalue weighted by molar-refractivity contribution is 0.397. The van der Waals surface area contributed by atoms with E-state index in [9.17, 15) is 0 Å². The van der Waals surface area contributed by atoms with Gasteiger partial charge in [0.25, 0.3) is 0 Å². The molecule has 0 aliphatic heterocycles. The van der Waals surface area contributed by atoms with Crippen molar-refractivity contribution in [2.45, 2.75) is 0 Å². The van der Waals surface area contributed by atoms with Crippen molar-refractivity contribution in [1.29, 1.82) is 0 Å². The van der Waals surface area contributed by atoms with Crippen molar-refractivity contribution < 1.29 is 12.3 Å². The zero-order valence-corrected chi connectivity index (χ0v) is 14.5. The molecule has 0 saturated heterocycles. The predicted molar refractivity (Wildman–Crippen MR) is 107 cm³/mol. The summed E-state index contributed by atoms with van der Waals surface area (Å²) in [5.41, 5.74) is 0. The third-order valence-corrected chi connectivity index (χ3v) is 4.10. The van der Waals surface area contributed by atoms with Crippen LogP contribution in [0.4, 0.5) is 0 Å². The second-order valence-corrected chi connectivity index (χ2v) is 5.96. The van der Waals surface area contributed by atoms with Crippen molar-refractivity contribution in [2.24, 2.45) is 0 Å². The molecule has 1 heterocycles. The first-order chi connectivity index (χ1) is 13.8. The number of nitrogens with zero attached hydrogens (tertiary/aromatic N) is 3. The van der Waals surface area contributed by atoms with Gasteiger partial charge in [-0.05, 0) is 71.4 Å². The Morgan fingerprint density at radius 1 is 0.679 bits per heavy atom. The second kappa shape index (κ2) is 6.75. The number of hydrogen-bond donors (Lipinski definition) is 0. The van der Waals surface area contributed by atoms with Crippen molar-refractivity contribution in [3.63, 3.8) is 0 Å². The highest BCUT2D eigenvalue weighted by atomic mass is 16.5. The molecule has 0 bridgehead atoms. The zero-order valence-electron chi connectivity index (χ0n) is 14.5. The van der Waals surface area contributed by atoms with E-state index in [1.807, 2.05) is 48.5 Å². The first-order valence-corrected chi connectivity index (χ1v) is 8.52. The van der Waals surface area contributed by atoms with Gasteiger partial charge in [-0.2, -0.15) is 9.97 Å². The minimum atomic E-state index is 0. The Labute approximate surface area is 164 Å². The van der Waals surface area contributed by atoms with Crippen molar-refractivity contribution in [1.82, 2.24) is 15.0 Å². The molecule has 0 radical (unpaired) electrons. The Morgan fingerprint density at radius 3 is 1.75 bits per heavy atom. The van der Waals surface area contributed by atoms with Crippen molar-refractivity contribution in [3.05, 3.63) is 91.3 Å². The van der Waals surface area contributed by atoms with Gasteiger partial charge in [0.1, 0.15) is 17.8 Å². The number of fused-ring (bicyclic) bond motifs is 2. The average Bonchev–Trinajstić information content (AvgIpc) is 2.74. The van der Waals surface area contributed by atoms with Crippen LogP contribution in [0.25, 0.3) is 21.5 Å². The molecule has 0 amide bonds. The molecule has 0 fully saturated rings. The van der Waals surface area contributed by atoms with Crippen molar-refractivity contribution in [2.75, 3.05) is 0 Å². The van der Waals surface area contributed by atoms with Gasteiger partial charge in [0.05, 0.1) is 0 Å². The monoisotopic (exact) mass is 365 g/mol. The summed E-state index contributed by atoms with van der Waals surface area (Å²) in [5, 5.41) is 3.90. The maximum Gasteiger partial charge on any atom is 0.328 e. The molecule has 5 heteroatoms. The van der Waals surface area contributed by atoms with Crippen LogP contribution in [0.15, 0.2) is 67.0 Å². The van der Waals surface area contributed by atoms with Gasteiger partial charge in [-0.15, -0.1) is 4.98 Å². The van der Waals surface area contributed by atoms with E-state index in [2.05, 4.69) is 39.2 Å². The van der Waals surface area contributed by atoms with Gasteiger partial charge in [0.2, 0.25) is 0 Å². The summed E-state index contributed by atoms with van der Waals surface area (Å²) >= 11 is 0. The van der Waals surface area contributed by atoms with E-state index in [1.165, 1.54) is 6.33 Å². The van der Waals surface area contributed by atoms with Gasteiger partial charge in [-0.25, -0.2) is 0 Å². The molecule has 0 atom stereocenters. The molecular weight excluding hydrogens is 350 g/mol. The fraction of sp³-hybridized carbons (Fsp3) is 0. The van der Waals surface area contributed by atoms with E-state index >= 15 is 0 Å². The van der Waals surface area contributed by atoms with Gasteiger partial charge in [0.15, 0.2) is 0 Å². The molecule has 4 aromatic carbocycles. The lowest BCUT2D eigenvalue weighted by Gasteiger charge is -2.07. The Kier molecular flexibility index (Phi) is 3.83. The van der Waals surface area contributed by atoms with Crippen molar-refractivity contribution in [3.8, 4) is 23.5 Å². The number of rotatable bonds is 4. The Bertz CT molecular complexity index is 1200. The van der Waals surface area contributed by atoms with Gasteiger partial charge >= 0.3 is 12.0 Å². The fourth-order valence-corrected chi connectivity index (χ4v) is 2.79. The van der Waals surface area contributed by atoms with E-state index < -0.39 is 0 Å². The molecule has 0 aliphatic rings. The maximum atomic E-state index is 5.76. The molecule has 5 rings (SSSR count). The molecule has 0 N–H and O–H groups in total. The van der Waals surface area contributed by atoms with Crippen LogP contribution >= 0.6 is 0 Å². The highest BCUT2D eigenvalue weighted by molar-refractivity contribution is 5.82. The predicted octanol–water partition coefficient (Wildman–Crippen LogP) is 5.46. The topological polar surface area (TPSA) is 57.1 Å². The Morgan fingerprint density at radius 2 is 1.21 bits per heavy atom. The van der Waals surface area contributed by atoms with E-state index in [0.29, 0.717) is 11.5 Å². The summed E-state index contributed by atoms with van der Waals surface area (Å²) in [6, 6.07) is 31.0. The van der Waals surface area contributed by atoms with Crippen LogP contribution in [-0.2, 0) is 0 Å². The van der Waals surface area contributed by atoms with Crippen LogP contribution in [0.5, 0.6) is 23.5 Å². The van der Waals surface area contributed by atoms with Crippen LogP contribution in [0.2, 0.25) is 0 Å². The smallest absolute Gasteiger partial charge is 0.328 e. The van der Waals surface area contributed by atoms with Gasteiger partial charge < -0.3 is 9.47 Å². The summed E-state index contributed by atoms with van der Waals surface area (Å²) in [5.74, 6) is 1.23. The largest absolute Gasteiger partial charge is 0.424 e. The summed E-state index contributed by atoms with van der Waals surface area (Å²) < 4.78 is 11.5. The first kappa shape index (κ1) is 15.9. The van der Waals surface area contributed by atoms with E-state index in [4.69, 9.17) is 9.47 Å². The minimum Gasteiger partial charge on any atom is -0.424 e. The number of benzene rings is 2. The molecule has 134 valence electrons. The lowest BCUT2D eigenvalue weighted by atomic mass is 10.1. The van der Waals surface area contributed by atoms with E-state index in [-0.39, 0.29) is 14.9 Å². The third kappa shape index (κ3) is 3.21. The van der Waals surface area contributed by atoms with E-state index in [1.54, 1.807) is 12.1 Å². The molecule has 0 spiro atoms. The highest BCUT2D eigenvalue weighted by Gasteiger charge is 2.07. The van der Waals surface area contributed by atoms with Crippen LogP contribution in [0, 0.1) is 24.3 Å². The molecule has 28 heavy (non-hydrogen) atoms. The molecule has 0 unspecified atom stereocenters.